The summed E-state index contributed by atoms with van der Waals surface area (Å²) in [6, 6.07) is 6.97. The number of hydrogen-bond acceptors (Lipinski definition) is 5. The zero-order valence-corrected chi connectivity index (χ0v) is 16.9. The molecule has 1 aromatic carbocycles. The van der Waals surface area contributed by atoms with Gasteiger partial charge in [0.2, 0.25) is 0 Å². The number of ether oxygens (including phenoxy) is 1. The van der Waals surface area contributed by atoms with Crippen LogP contribution >= 0.6 is 0 Å². The van der Waals surface area contributed by atoms with E-state index >= 15 is 0 Å². The van der Waals surface area contributed by atoms with Crippen molar-refractivity contribution in [2.75, 3.05) is 18.1 Å². The van der Waals surface area contributed by atoms with Gasteiger partial charge in [0.05, 0.1) is 17.1 Å². The van der Waals surface area contributed by atoms with Crippen molar-refractivity contribution < 1.29 is 22.7 Å². The third-order valence-corrected chi connectivity index (χ3v) is 6.89. The fraction of sp³-hybridized carbons (Fsp3) is 0.600. The Balaban J connectivity index is 1.59. The molecule has 0 radical (unpaired) electrons. The van der Waals surface area contributed by atoms with Gasteiger partial charge in [-0.25, -0.2) is 13.2 Å². The molecule has 7 heteroatoms. The van der Waals surface area contributed by atoms with E-state index in [-0.39, 0.29) is 41.5 Å². The average molecular weight is 394 g/mol. The maximum Gasteiger partial charge on any atom is 0.338 e. The Kier molecular flexibility index (Phi) is 5.34. The lowest BCUT2D eigenvalue weighted by molar-refractivity contribution is -0.137. The Morgan fingerprint density at radius 1 is 1.07 bits per heavy atom. The van der Waals surface area contributed by atoms with E-state index in [1.807, 2.05) is 12.1 Å². The largest absolute Gasteiger partial charge is 0.452 e. The third kappa shape index (κ3) is 4.89. The van der Waals surface area contributed by atoms with Gasteiger partial charge in [0.25, 0.3) is 5.91 Å². The zero-order valence-electron chi connectivity index (χ0n) is 16.1. The first-order valence-corrected chi connectivity index (χ1v) is 11.2. The maximum atomic E-state index is 12.6. The van der Waals surface area contributed by atoms with Crippen molar-refractivity contribution in [3.8, 4) is 0 Å². The number of benzene rings is 1. The highest BCUT2D eigenvalue weighted by molar-refractivity contribution is 7.91. The van der Waals surface area contributed by atoms with Gasteiger partial charge in [-0.3, -0.25) is 4.79 Å². The summed E-state index contributed by atoms with van der Waals surface area (Å²) in [6.07, 6.45) is 2.22. The number of nitrogens with zero attached hydrogens (tertiary/aromatic N) is 1. The molecule has 1 aromatic rings. The first-order valence-electron chi connectivity index (χ1n) is 9.36. The van der Waals surface area contributed by atoms with Gasteiger partial charge in [-0.1, -0.05) is 32.9 Å². The van der Waals surface area contributed by atoms with Crippen LogP contribution in [0, 0.1) is 0 Å². The van der Waals surface area contributed by atoms with E-state index < -0.39 is 15.8 Å². The molecule has 3 rings (SSSR count). The molecular formula is C20H27NO5S. The molecule has 1 amide bonds. The second-order valence-corrected chi connectivity index (χ2v) is 10.7. The number of sulfone groups is 1. The molecule has 1 atom stereocenters. The van der Waals surface area contributed by atoms with Crippen molar-refractivity contribution in [2.45, 2.75) is 57.5 Å². The van der Waals surface area contributed by atoms with Crippen LogP contribution in [0.1, 0.15) is 56.0 Å². The normalized spacial score (nSPS) is 21.7. The highest BCUT2D eigenvalue weighted by Crippen LogP contribution is 2.32. The topological polar surface area (TPSA) is 80.8 Å². The lowest BCUT2D eigenvalue weighted by Gasteiger charge is -2.28. The lowest BCUT2D eigenvalue weighted by atomic mass is 9.87. The van der Waals surface area contributed by atoms with Gasteiger partial charge in [-0.2, -0.15) is 0 Å². The smallest absolute Gasteiger partial charge is 0.338 e. The van der Waals surface area contributed by atoms with Crippen LogP contribution in [0.2, 0.25) is 0 Å². The molecule has 0 N–H and O–H groups in total. The molecule has 0 unspecified atom stereocenters. The van der Waals surface area contributed by atoms with Gasteiger partial charge < -0.3 is 9.64 Å². The summed E-state index contributed by atoms with van der Waals surface area (Å²) < 4.78 is 28.7. The Morgan fingerprint density at radius 2 is 1.70 bits per heavy atom. The second kappa shape index (κ2) is 7.26. The predicted molar refractivity (Wildman–Crippen MR) is 102 cm³/mol. The second-order valence-electron chi connectivity index (χ2n) is 8.49. The quantitative estimate of drug-likeness (QED) is 0.717. The summed E-state index contributed by atoms with van der Waals surface area (Å²) in [7, 11) is -3.07. The minimum atomic E-state index is -3.07. The predicted octanol–water partition coefficient (Wildman–Crippen LogP) is 2.32. The van der Waals surface area contributed by atoms with E-state index in [1.165, 1.54) is 0 Å². The molecule has 2 aliphatic rings. The van der Waals surface area contributed by atoms with Crippen LogP contribution in [-0.4, -0.2) is 55.4 Å². The molecule has 1 saturated heterocycles. The minimum absolute atomic E-state index is 0.00914. The summed E-state index contributed by atoms with van der Waals surface area (Å²) in [5, 5.41) is 0. The molecule has 6 nitrogen and oxygen atoms in total. The van der Waals surface area contributed by atoms with Gasteiger partial charge in [-0.05, 0) is 42.4 Å². The van der Waals surface area contributed by atoms with Crippen LogP contribution in [0.15, 0.2) is 24.3 Å². The van der Waals surface area contributed by atoms with Gasteiger partial charge in [-0.15, -0.1) is 0 Å². The maximum absolute atomic E-state index is 12.6. The summed E-state index contributed by atoms with van der Waals surface area (Å²) in [6.45, 7) is 5.92. The highest BCUT2D eigenvalue weighted by Gasteiger charge is 2.42. The van der Waals surface area contributed by atoms with Gasteiger partial charge in [0.1, 0.15) is 0 Å². The van der Waals surface area contributed by atoms with Crippen LogP contribution in [0.3, 0.4) is 0 Å². The molecule has 1 saturated carbocycles. The fourth-order valence-corrected chi connectivity index (χ4v) is 5.16. The molecule has 1 aliphatic heterocycles. The van der Waals surface area contributed by atoms with Crippen molar-refractivity contribution in [3.63, 3.8) is 0 Å². The molecule has 0 aromatic heterocycles. The van der Waals surface area contributed by atoms with Crippen molar-refractivity contribution in [2.24, 2.45) is 0 Å². The summed E-state index contributed by atoms with van der Waals surface area (Å²) in [5.74, 6) is -0.719. The van der Waals surface area contributed by atoms with Gasteiger partial charge in [0, 0.05) is 12.1 Å². The van der Waals surface area contributed by atoms with E-state index in [4.69, 9.17) is 4.74 Å². The Morgan fingerprint density at radius 3 is 2.19 bits per heavy atom. The first-order chi connectivity index (χ1) is 12.6. The van der Waals surface area contributed by atoms with Crippen LogP contribution in [0.4, 0.5) is 0 Å². The third-order valence-electron chi connectivity index (χ3n) is 5.14. The highest BCUT2D eigenvalue weighted by atomic mass is 32.2. The Labute approximate surface area is 160 Å². The van der Waals surface area contributed by atoms with Crippen LogP contribution in [0.25, 0.3) is 0 Å². The molecule has 27 heavy (non-hydrogen) atoms. The molecular weight excluding hydrogens is 366 g/mol. The molecule has 0 bridgehead atoms. The Hall–Kier alpha value is -1.89. The molecule has 148 valence electrons. The van der Waals surface area contributed by atoms with Crippen LogP contribution < -0.4 is 0 Å². The minimum Gasteiger partial charge on any atom is -0.452 e. The van der Waals surface area contributed by atoms with Crippen molar-refractivity contribution in [3.05, 3.63) is 35.4 Å². The van der Waals surface area contributed by atoms with E-state index in [0.29, 0.717) is 12.0 Å². The summed E-state index contributed by atoms with van der Waals surface area (Å²) >= 11 is 0. The van der Waals surface area contributed by atoms with Crippen LogP contribution in [0.5, 0.6) is 0 Å². The fourth-order valence-electron chi connectivity index (χ4n) is 3.44. The van der Waals surface area contributed by atoms with E-state index in [1.54, 1.807) is 17.0 Å². The van der Waals surface area contributed by atoms with Gasteiger partial charge >= 0.3 is 5.97 Å². The molecule has 1 aliphatic carbocycles. The zero-order chi connectivity index (χ0) is 19.8. The van der Waals surface area contributed by atoms with Crippen molar-refractivity contribution in [1.29, 1.82) is 0 Å². The summed E-state index contributed by atoms with van der Waals surface area (Å²) in [4.78, 5) is 26.5. The average Bonchev–Trinajstić information content (AvgIpc) is 3.35. The lowest BCUT2D eigenvalue weighted by Crippen LogP contribution is -2.44. The van der Waals surface area contributed by atoms with Crippen molar-refractivity contribution >= 4 is 21.7 Å². The van der Waals surface area contributed by atoms with Crippen LogP contribution in [-0.2, 0) is 24.8 Å². The molecule has 2 fully saturated rings. The van der Waals surface area contributed by atoms with Crippen molar-refractivity contribution in [1.82, 2.24) is 4.90 Å². The molecule has 0 spiro atoms. The standard InChI is InChI=1S/C20H27NO5S/c1-20(2,3)15-6-4-14(5-7-15)19(23)26-12-18(22)21(16-8-9-16)17-10-11-27(24,25)13-17/h4-7,16-17H,8-13H2,1-3H3/t17-/m0/s1. The van der Waals surface area contributed by atoms with E-state index in [9.17, 15) is 18.0 Å². The summed E-state index contributed by atoms with van der Waals surface area (Å²) in [5.41, 5.74) is 1.50. The van der Waals surface area contributed by atoms with Gasteiger partial charge in [0.15, 0.2) is 16.4 Å². The van der Waals surface area contributed by atoms with E-state index in [0.717, 1.165) is 18.4 Å². The van der Waals surface area contributed by atoms with E-state index in [2.05, 4.69) is 20.8 Å². The number of carbonyl (C=O) groups excluding carboxylic acids is 2. The first kappa shape index (κ1) is 19.9. The number of amides is 1. The number of esters is 1. The monoisotopic (exact) mass is 393 g/mol. The number of hydrogen-bond donors (Lipinski definition) is 0. The Bertz CT molecular complexity index is 819. The molecule has 1 heterocycles. The number of rotatable bonds is 5. The number of carbonyl (C=O) groups is 2. The SMILES string of the molecule is CC(C)(C)c1ccc(C(=O)OCC(=O)N(C2CC2)[C@H]2CCS(=O)(=O)C2)cc1.